The van der Waals surface area contributed by atoms with Crippen molar-refractivity contribution in [3.05, 3.63) is 72.5 Å². The van der Waals surface area contributed by atoms with Gasteiger partial charge < -0.3 is 11.1 Å². The topological polar surface area (TPSA) is 38.0 Å². The molecule has 5 unspecified atom stereocenters. The molecule has 0 aliphatic heterocycles. The Labute approximate surface area is 219 Å². The van der Waals surface area contributed by atoms with Crippen LogP contribution < -0.4 is 11.1 Å². The third-order valence-corrected chi connectivity index (χ3v) is 7.29. The first-order valence-corrected chi connectivity index (χ1v) is 14.2. The highest BCUT2D eigenvalue weighted by atomic mass is 14.9. The third-order valence-electron chi connectivity index (χ3n) is 7.29. The van der Waals surface area contributed by atoms with Crippen LogP contribution in [0.15, 0.2) is 66.9 Å². The lowest BCUT2D eigenvalue weighted by Crippen LogP contribution is -2.23. The van der Waals surface area contributed by atoms with Crippen LogP contribution in [-0.4, -0.2) is 12.6 Å². The Morgan fingerprint density at radius 3 is 2.29 bits per heavy atom. The molecule has 0 bridgehead atoms. The van der Waals surface area contributed by atoms with Crippen LogP contribution in [0.5, 0.6) is 0 Å². The van der Waals surface area contributed by atoms with Crippen molar-refractivity contribution in [2.45, 2.75) is 106 Å². The summed E-state index contributed by atoms with van der Waals surface area (Å²) in [4.78, 5) is 0. The van der Waals surface area contributed by atoms with E-state index in [9.17, 15) is 0 Å². The van der Waals surface area contributed by atoms with E-state index in [2.05, 4.69) is 81.7 Å². The zero-order valence-electron chi connectivity index (χ0n) is 24.3. The van der Waals surface area contributed by atoms with Gasteiger partial charge in [0, 0.05) is 18.3 Å². The number of hydrogen-bond donors (Lipinski definition) is 2. The van der Waals surface area contributed by atoms with Crippen LogP contribution in [0, 0.1) is 23.7 Å². The average molecular weight is 483 g/mol. The van der Waals surface area contributed by atoms with E-state index in [-0.39, 0.29) is 0 Å². The predicted octanol–water partition coefficient (Wildman–Crippen LogP) is 9.09. The van der Waals surface area contributed by atoms with Gasteiger partial charge in [0.25, 0.3) is 0 Å². The van der Waals surface area contributed by atoms with Crippen LogP contribution in [0.1, 0.15) is 99.0 Å². The maximum Gasteiger partial charge on any atom is 0.0351 e. The van der Waals surface area contributed by atoms with E-state index in [0.717, 1.165) is 67.2 Å². The fourth-order valence-corrected chi connectivity index (χ4v) is 4.98. The van der Waals surface area contributed by atoms with Gasteiger partial charge in [0.2, 0.25) is 0 Å². The van der Waals surface area contributed by atoms with E-state index in [1.54, 1.807) is 0 Å². The van der Waals surface area contributed by atoms with Gasteiger partial charge in [-0.05, 0) is 94.4 Å². The van der Waals surface area contributed by atoms with Crippen molar-refractivity contribution >= 4 is 0 Å². The van der Waals surface area contributed by atoms with E-state index >= 15 is 0 Å². The molecule has 2 rings (SSSR count). The van der Waals surface area contributed by atoms with Crippen molar-refractivity contribution in [3.63, 3.8) is 0 Å². The number of benzene rings is 1. The van der Waals surface area contributed by atoms with Crippen molar-refractivity contribution in [1.29, 1.82) is 0 Å². The summed E-state index contributed by atoms with van der Waals surface area (Å²) in [6.45, 7) is 24.0. The molecule has 200 valence electrons. The molecular weight excluding hydrogens is 424 g/mol. The Kier molecular flexibility index (Phi) is 19.3. The highest BCUT2D eigenvalue weighted by molar-refractivity contribution is 5.14. The fraction of sp³-hybridized carbons (Fsp3) is 0.636. The number of hydrogen-bond acceptors (Lipinski definition) is 2. The lowest BCUT2D eigenvalue weighted by atomic mass is 9.84. The fourth-order valence-electron chi connectivity index (χ4n) is 4.98. The summed E-state index contributed by atoms with van der Waals surface area (Å²) in [5.74, 6) is 3.57. The quantitative estimate of drug-likeness (QED) is 0.217. The molecule has 0 heterocycles. The number of allylic oxidation sites excluding steroid dienone is 3. The molecule has 1 aromatic rings. The van der Waals surface area contributed by atoms with E-state index < -0.39 is 0 Å². The molecule has 0 spiro atoms. The van der Waals surface area contributed by atoms with Crippen LogP contribution in [0.25, 0.3) is 0 Å². The van der Waals surface area contributed by atoms with Crippen molar-refractivity contribution < 1.29 is 0 Å². The molecule has 0 aromatic heterocycles. The summed E-state index contributed by atoms with van der Waals surface area (Å²) in [5.41, 5.74) is 10.0. The van der Waals surface area contributed by atoms with Crippen LogP contribution in [-0.2, 0) is 6.42 Å². The normalized spacial score (nSPS) is 21.9. The summed E-state index contributed by atoms with van der Waals surface area (Å²) < 4.78 is 0. The smallest absolute Gasteiger partial charge is 0.0351 e. The maximum atomic E-state index is 6.33. The largest absolute Gasteiger partial charge is 0.385 e. The minimum Gasteiger partial charge on any atom is -0.385 e. The van der Waals surface area contributed by atoms with Gasteiger partial charge >= 0.3 is 0 Å². The number of aryl methyl sites for hydroxylation is 1. The molecule has 0 radical (unpaired) electrons. The lowest BCUT2D eigenvalue weighted by molar-refractivity contribution is 0.287. The van der Waals surface area contributed by atoms with Gasteiger partial charge in [0.1, 0.15) is 0 Å². The minimum atomic E-state index is 0.366. The first-order valence-electron chi connectivity index (χ1n) is 14.2. The number of rotatable bonds is 13. The molecule has 1 aliphatic carbocycles. The SMILES string of the molecule is C=C(C)CNC(=C)CCC/C=C\C.CC.CC1CC(C)C(CCC(N)CCc2ccccc2)C1C. The molecular formula is C33H58N2. The number of nitrogens with two attached hydrogens (primary N) is 1. The first kappa shape index (κ1) is 33.2. The molecule has 3 N–H and O–H groups in total. The summed E-state index contributed by atoms with van der Waals surface area (Å²) in [7, 11) is 0. The van der Waals surface area contributed by atoms with Crippen LogP contribution in [0.3, 0.4) is 0 Å². The van der Waals surface area contributed by atoms with Crippen molar-refractivity contribution in [2.75, 3.05) is 6.54 Å². The third kappa shape index (κ3) is 15.7. The maximum absolute atomic E-state index is 6.33. The molecule has 1 saturated carbocycles. The molecule has 35 heavy (non-hydrogen) atoms. The molecule has 0 amide bonds. The van der Waals surface area contributed by atoms with E-state index in [4.69, 9.17) is 5.73 Å². The highest BCUT2D eigenvalue weighted by Gasteiger charge is 2.35. The second-order valence-electron chi connectivity index (χ2n) is 10.5. The van der Waals surface area contributed by atoms with Gasteiger partial charge in [-0.15, -0.1) is 0 Å². The summed E-state index contributed by atoms with van der Waals surface area (Å²) in [5, 5.41) is 3.24. The van der Waals surface area contributed by atoms with E-state index in [1.165, 1.54) is 31.2 Å². The van der Waals surface area contributed by atoms with E-state index in [1.807, 2.05) is 27.7 Å². The van der Waals surface area contributed by atoms with Gasteiger partial charge in [0.15, 0.2) is 0 Å². The van der Waals surface area contributed by atoms with Crippen molar-refractivity contribution in [3.8, 4) is 0 Å². The Bertz CT molecular complexity index is 690. The summed E-state index contributed by atoms with van der Waals surface area (Å²) in [6, 6.07) is 11.1. The Morgan fingerprint density at radius 1 is 1.09 bits per heavy atom. The molecule has 2 nitrogen and oxygen atoms in total. The van der Waals surface area contributed by atoms with Crippen LogP contribution in [0.4, 0.5) is 0 Å². The van der Waals surface area contributed by atoms with Gasteiger partial charge in [-0.3, -0.25) is 0 Å². The Morgan fingerprint density at radius 2 is 1.74 bits per heavy atom. The van der Waals surface area contributed by atoms with Crippen molar-refractivity contribution in [2.24, 2.45) is 29.4 Å². The Balaban J connectivity index is 0.000000672. The summed E-state index contributed by atoms with van der Waals surface area (Å²) in [6.07, 6.45) is 13.8. The molecule has 0 saturated heterocycles. The van der Waals surface area contributed by atoms with Gasteiger partial charge in [-0.2, -0.15) is 0 Å². The highest BCUT2D eigenvalue weighted by Crippen LogP contribution is 2.43. The van der Waals surface area contributed by atoms with Gasteiger partial charge in [-0.1, -0.05) is 95.8 Å². The second-order valence-corrected chi connectivity index (χ2v) is 10.5. The number of unbranched alkanes of at least 4 members (excludes halogenated alkanes) is 1. The molecule has 1 fully saturated rings. The minimum absolute atomic E-state index is 0.366. The zero-order valence-corrected chi connectivity index (χ0v) is 24.3. The lowest BCUT2D eigenvalue weighted by Gasteiger charge is -2.23. The van der Waals surface area contributed by atoms with Crippen molar-refractivity contribution in [1.82, 2.24) is 5.32 Å². The first-order chi connectivity index (χ1) is 16.7. The van der Waals surface area contributed by atoms with Gasteiger partial charge in [-0.25, -0.2) is 0 Å². The monoisotopic (exact) mass is 482 g/mol. The zero-order chi connectivity index (χ0) is 26.6. The summed E-state index contributed by atoms with van der Waals surface area (Å²) >= 11 is 0. The van der Waals surface area contributed by atoms with E-state index in [0.29, 0.717) is 6.04 Å². The van der Waals surface area contributed by atoms with Crippen LogP contribution in [0.2, 0.25) is 0 Å². The second kappa shape index (κ2) is 20.4. The van der Waals surface area contributed by atoms with Crippen LogP contribution >= 0.6 is 0 Å². The standard InChI is InChI=1S/C19H31N.C12H21N.C2H6/c1-14-13-15(2)19(16(14)3)12-11-18(20)10-9-17-7-5-4-6-8-17;1-5-6-7-8-9-12(4)13-10-11(2)3;1-2/h4-8,14-16,18-19H,9-13,20H2,1-3H3;5-6,13H,2,4,7-10H2,1,3H3;1-2H3/b;6-5-;. The average Bonchev–Trinajstić information content (AvgIpc) is 3.10. The Hall–Kier alpha value is -1.80. The molecule has 1 aliphatic rings. The number of nitrogens with one attached hydrogen (secondary N) is 1. The van der Waals surface area contributed by atoms with Gasteiger partial charge in [0.05, 0.1) is 0 Å². The molecule has 1 aromatic carbocycles. The molecule has 5 atom stereocenters. The molecule has 2 heteroatoms. The predicted molar refractivity (Wildman–Crippen MR) is 160 cm³/mol.